The fourth-order valence-electron chi connectivity index (χ4n) is 5.88. The molecule has 0 saturated carbocycles. The molecule has 6 nitrogen and oxygen atoms in total. The average Bonchev–Trinajstić information content (AvgIpc) is 3.58. The minimum Gasteiger partial charge on any atom is -0.392 e. The summed E-state index contributed by atoms with van der Waals surface area (Å²) in [4.78, 5) is 19.7. The molecule has 2 aromatic heterocycles. The van der Waals surface area contributed by atoms with Gasteiger partial charge in [-0.3, -0.25) is 9.78 Å². The van der Waals surface area contributed by atoms with Crippen LogP contribution >= 0.6 is 0 Å². The molecule has 1 saturated heterocycles. The number of likely N-dealkylation sites (tertiary alicyclic amines) is 1. The number of aliphatic hydroxyl groups excluding tert-OH is 1. The van der Waals surface area contributed by atoms with E-state index in [1.807, 2.05) is 34.0 Å². The summed E-state index contributed by atoms with van der Waals surface area (Å²) in [5.74, 6) is -0.404. The van der Waals surface area contributed by atoms with E-state index in [4.69, 9.17) is 0 Å². The number of hydrogen-bond donors (Lipinski definition) is 1. The Kier molecular flexibility index (Phi) is 6.45. The van der Waals surface area contributed by atoms with Gasteiger partial charge in [0.2, 0.25) is 0 Å². The van der Waals surface area contributed by atoms with E-state index >= 15 is 0 Å². The molecule has 39 heavy (non-hydrogen) atoms. The van der Waals surface area contributed by atoms with Gasteiger partial charge in [0.05, 0.1) is 24.0 Å². The van der Waals surface area contributed by atoms with Crippen molar-refractivity contribution in [1.82, 2.24) is 19.7 Å². The molecule has 1 N–H and O–H groups in total. The summed E-state index contributed by atoms with van der Waals surface area (Å²) < 4.78 is 15.3. The van der Waals surface area contributed by atoms with Crippen molar-refractivity contribution < 1.29 is 14.3 Å². The van der Waals surface area contributed by atoms with Crippen molar-refractivity contribution in [3.8, 4) is 5.69 Å². The number of carbonyl (C=O) groups is 1. The van der Waals surface area contributed by atoms with Gasteiger partial charge in [0.15, 0.2) is 0 Å². The quantitative estimate of drug-likeness (QED) is 0.326. The highest BCUT2D eigenvalue weighted by molar-refractivity contribution is 5.93. The van der Waals surface area contributed by atoms with Gasteiger partial charge in [0.1, 0.15) is 11.5 Å². The molecular formula is C32H29FN4O2. The number of carbonyl (C=O) groups excluding carboxylic acids is 1. The molecule has 0 spiro atoms. The minimum absolute atomic E-state index is 0.122. The summed E-state index contributed by atoms with van der Waals surface area (Å²) >= 11 is 0. The highest BCUT2D eigenvalue weighted by atomic mass is 19.1. The van der Waals surface area contributed by atoms with Gasteiger partial charge in [-0.25, -0.2) is 9.07 Å². The van der Waals surface area contributed by atoms with Crippen LogP contribution in [0.1, 0.15) is 39.2 Å². The van der Waals surface area contributed by atoms with Crippen LogP contribution in [0.3, 0.4) is 0 Å². The number of hydrogen-bond acceptors (Lipinski definition) is 4. The molecule has 1 fully saturated rings. The molecular weight excluding hydrogens is 491 g/mol. The van der Waals surface area contributed by atoms with Gasteiger partial charge < -0.3 is 10.0 Å². The van der Waals surface area contributed by atoms with Crippen molar-refractivity contribution >= 4 is 16.8 Å². The molecule has 6 rings (SSSR count). The molecule has 7 heteroatoms. The zero-order valence-electron chi connectivity index (χ0n) is 21.7. The van der Waals surface area contributed by atoms with Crippen molar-refractivity contribution in [3.63, 3.8) is 0 Å². The van der Waals surface area contributed by atoms with Gasteiger partial charge in [-0.05, 0) is 90.6 Å². The summed E-state index contributed by atoms with van der Waals surface area (Å²) in [5, 5.41) is 15.1. The number of amides is 1. The second-order valence-corrected chi connectivity index (χ2v) is 10.4. The van der Waals surface area contributed by atoms with E-state index in [9.17, 15) is 14.3 Å². The van der Waals surface area contributed by atoms with Crippen molar-refractivity contribution in [1.29, 1.82) is 0 Å². The van der Waals surface area contributed by atoms with Crippen LogP contribution in [0.4, 0.5) is 4.39 Å². The van der Waals surface area contributed by atoms with Crippen LogP contribution in [0.15, 0.2) is 91.3 Å². The smallest absolute Gasteiger partial charge is 0.272 e. The van der Waals surface area contributed by atoms with Gasteiger partial charge in [-0.2, -0.15) is 5.10 Å². The lowest BCUT2D eigenvalue weighted by molar-refractivity contribution is 0.0777. The van der Waals surface area contributed by atoms with E-state index in [1.165, 1.54) is 23.3 Å². The number of halogens is 1. The van der Waals surface area contributed by atoms with E-state index in [0.717, 1.165) is 35.0 Å². The van der Waals surface area contributed by atoms with Crippen LogP contribution in [0.5, 0.6) is 0 Å². The molecule has 0 bridgehead atoms. The lowest BCUT2D eigenvalue weighted by Gasteiger charge is -2.32. The molecule has 1 aliphatic heterocycles. The third kappa shape index (κ3) is 4.70. The first kappa shape index (κ1) is 24.9. The second-order valence-electron chi connectivity index (χ2n) is 10.4. The lowest BCUT2D eigenvalue weighted by atomic mass is 9.73. The third-order valence-corrected chi connectivity index (χ3v) is 7.81. The van der Waals surface area contributed by atoms with E-state index in [0.29, 0.717) is 24.3 Å². The first-order valence-electron chi connectivity index (χ1n) is 13.1. The van der Waals surface area contributed by atoms with E-state index in [2.05, 4.69) is 41.3 Å². The summed E-state index contributed by atoms with van der Waals surface area (Å²) in [5.41, 5.74) is 6.02. The summed E-state index contributed by atoms with van der Waals surface area (Å²) in [6.07, 6.45) is 5.02. The van der Waals surface area contributed by atoms with Gasteiger partial charge >= 0.3 is 0 Å². The van der Waals surface area contributed by atoms with E-state index in [1.54, 1.807) is 30.5 Å². The third-order valence-electron chi connectivity index (χ3n) is 7.81. The number of rotatable bonds is 6. The van der Waals surface area contributed by atoms with Crippen LogP contribution < -0.4 is 0 Å². The van der Waals surface area contributed by atoms with Crippen LogP contribution in [0.2, 0.25) is 0 Å². The fourth-order valence-corrected chi connectivity index (χ4v) is 5.88. The molecule has 5 aromatic rings. The minimum atomic E-state index is -0.290. The molecule has 1 amide bonds. The predicted octanol–water partition coefficient (Wildman–Crippen LogP) is 5.39. The number of nitrogens with zero attached hydrogens (tertiary/aromatic N) is 4. The van der Waals surface area contributed by atoms with Crippen molar-refractivity contribution in [3.05, 3.63) is 125 Å². The van der Waals surface area contributed by atoms with Crippen molar-refractivity contribution in [2.24, 2.45) is 0 Å². The lowest BCUT2D eigenvalue weighted by Crippen LogP contribution is -2.37. The first-order chi connectivity index (χ1) is 19.0. The Morgan fingerprint density at radius 1 is 1.03 bits per heavy atom. The van der Waals surface area contributed by atoms with E-state index < -0.39 is 0 Å². The van der Waals surface area contributed by atoms with Gasteiger partial charge in [-0.15, -0.1) is 0 Å². The van der Waals surface area contributed by atoms with Crippen LogP contribution in [0.25, 0.3) is 16.6 Å². The zero-order chi connectivity index (χ0) is 27.0. The normalized spacial score (nSPS) is 17.2. The van der Waals surface area contributed by atoms with Crippen LogP contribution in [-0.2, 0) is 18.4 Å². The standard InChI is InChI=1S/C32H29FN4O2/c1-22-15-30-25(19-35-37(30)27-9-7-26(33)8-10-27)17-28(22)32(18-23-5-3-2-4-6-23)12-14-36(21-32)31(39)29-16-24(20-38)11-13-34-29/h2-11,13,15-17,19,38H,12,14,18,20-21H2,1H3. The summed E-state index contributed by atoms with van der Waals surface area (Å²) in [6, 6.07) is 24.4. The maximum Gasteiger partial charge on any atom is 0.272 e. The molecule has 3 heterocycles. The molecule has 1 atom stereocenters. The van der Waals surface area contributed by atoms with E-state index in [-0.39, 0.29) is 23.7 Å². The second kappa shape index (κ2) is 10.1. The highest BCUT2D eigenvalue weighted by Gasteiger charge is 2.43. The Morgan fingerprint density at radius 2 is 1.82 bits per heavy atom. The van der Waals surface area contributed by atoms with Crippen LogP contribution in [0, 0.1) is 12.7 Å². The SMILES string of the molecule is Cc1cc2c(cnn2-c2ccc(F)cc2)cc1C1(Cc2ccccc2)CCN(C(=O)c2cc(CO)ccn2)C1. The predicted molar refractivity (Wildman–Crippen MR) is 148 cm³/mol. The largest absolute Gasteiger partial charge is 0.392 e. The van der Waals surface area contributed by atoms with Gasteiger partial charge in [0.25, 0.3) is 5.91 Å². The fraction of sp³-hybridized carbons (Fsp3) is 0.219. The van der Waals surface area contributed by atoms with Crippen LogP contribution in [-0.4, -0.2) is 43.8 Å². The molecule has 3 aromatic carbocycles. The Labute approximate surface area is 226 Å². The highest BCUT2D eigenvalue weighted by Crippen LogP contribution is 2.41. The molecule has 1 unspecified atom stereocenters. The summed E-state index contributed by atoms with van der Waals surface area (Å²) in [6.45, 7) is 3.15. The Balaban J connectivity index is 1.40. The number of aliphatic hydroxyl groups is 1. The first-order valence-corrected chi connectivity index (χ1v) is 13.1. The number of fused-ring (bicyclic) bond motifs is 1. The molecule has 1 aliphatic rings. The average molecular weight is 521 g/mol. The summed E-state index contributed by atoms with van der Waals surface area (Å²) in [7, 11) is 0. The number of pyridine rings is 1. The Hall–Kier alpha value is -4.36. The molecule has 196 valence electrons. The maximum atomic E-state index is 13.5. The van der Waals surface area contributed by atoms with Gasteiger partial charge in [0, 0.05) is 30.1 Å². The van der Waals surface area contributed by atoms with Gasteiger partial charge in [-0.1, -0.05) is 30.3 Å². The number of benzene rings is 3. The monoisotopic (exact) mass is 520 g/mol. The van der Waals surface area contributed by atoms with Crippen molar-refractivity contribution in [2.45, 2.75) is 31.8 Å². The zero-order valence-corrected chi connectivity index (χ0v) is 21.7. The Morgan fingerprint density at radius 3 is 2.59 bits per heavy atom. The molecule has 0 aliphatic carbocycles. The topological polar surface area (TPSA) is 71.2 Å². The number of aromatic nitrogens is 3. The number of aryl methyl sites for hydroxylation is 1. The Bertz CT molecular complexity index is 1650. The van der Waals surface area contributed by atoms with Crippen molar-refractivity contribution in [2.75, 3.05) is 13.1 Å². The maximum absolute atomic E-state index is 13.5. The molecule has 0 radical (unpaired) electrons.